The lowest BCUT2D eigenvalue weighted by atomic mass is 10.1. The van der Waals surface area contributed by atoms with Crippen LogP contribution in [-0.2, 0) is 11.3 Å². The number of carbonyl (C=O) groups excluding carboxylic acids is 2. The predicted octanol–water partition coefficient (Wildman–Crippen LogP) is 0.993. The fraction of sp³-hybridized carbons (Fsp3) is 0.333. The number of benzene rings is 1. The van der Waals surface area contributed by atoms with E-state index in [9.17, 15) is 9.59 Å². The van der Waals surface area contributed by atoms with Crippen molar-refractivity contribution >= 4 is 18.3 Å². The second-order valence-electron chi connectivity index (χ2n) is 6.07. The number of nitrogens with one attached hydrogen (secondary N) is 1. The second-order valence-corrected chi connectivity index (χ2v) is 6.07. The second kappa shape index (κ2) is 7.74. The molecule has 130 valence electrons. The summed E-state index contributed by atoms with van der Waals surface area (Å²) in [6.07, 6.45) is 3.94. The molecule has 0 bridgehead atoms. The Kier molecular flexibility index (Phi) is 5.23. The molecule has 0 saturated carbocycles. The molecule has 1 aliphatic heterocycles. The number of aryl methyl sites for hydroxylation is 1. The first-order valence-electron chi connectivity index (χ1n) is 8.26. The molecule has 2 amide bonds. The van der Waals surface area contributed by atoms with Crippen LogP contribution in [0, 0.1) is 6.92 Å². The van der Waals surface area contributed by atoms with Crippen molar-refractivity contribution in [2.45, 2.75) is 13.5 Å². The van der Waals surface area contributed by atoms with Crippen molar-refractivity contribution in [3.8, 4) is 0 Å². The van der Waals surface area contributed by atoms with Crippen LogP contribution in [0.25, 0.3) is 0 Å². The Hall–Kier alpha value is -2.96. The normalized spacial score (nSPS) is 14.3. The van der Waals surface area contributed by atoms with Crippen LogP contribution in [0.4, 0.5) is 5.95 Å². The number of amides is 2. The zero-order valence-electron chi connectivity index (χ0n) is 14.2. The SMILES string of the molecule is Cc1ccc(CNC(=O)c2cnc(N3CCN(C=O)CC3)nc2)cc1. The van der Waals surface area contributed by atoms with Crippen molar-refractivity contribution in [3.63, 3.8) is 0 Å². The Balaban J connectivity index is 1.55. The van der Waals surface area contributed by atoms with Crippen LogP contribution in [0.3, 0.4) is 0 Å². The van der Waals surface area contributed by atoms with Gasteiger partial charge in [0.1, 0.15) is 0 Å². The van der Waals surface area contributed by atoms with Crippen molar-refractivity contribution in [2.24, 2.45) is 0 Å². The molecule has 1 aromatic heterocycles. The maximum atomic E-state index is 12.2. The van der Waals surface area contributed by atoms with E-state index in [0.29, 0.717) is 44.2 Å². The summed E-state index contributed by atoms with van der Waals surface area (Å²) < 4.78 is 0. The first-order valence-corrected chi connectivity index (χ1v) is 8.26. The third-order valence-corrected chi connectivity index (χ3v) is 4.22. The van der Waals surface area contributed by atoms with Gasteiger partial charge < -0.3 is 15.1 Å². The summed E-state index contributed by atoms with van der Waals surface area (Å²) >= 11 is 0. The van der Waals surface area contributed by atoms with Gasteiger partial charge in [0.05, 0.1) is 5.56 Å². The first kappa shape index (κ1) is 16.9. The van der Waals surface area contributed by atoms with E-state index in [-0.39, 0.29) is 5.91 Å². The monoisotopic (exact) mass is 339 g/mol. The topological polar surface area (TPSA) is 78.4 Å². The lowest BCUT2D eigenvalue weighted by molar-refractivity contribution is -0.118. The fourth-order valence-corrected chi connectivity index (χ4v) is 2.62. The molecule has 1 fully saturated rings. The minimum atomic E-state index is -0.196. The Morgan fingerprint density at radius 3 is 2.36 bits per heavy atom. The van der Waals surface area contributed by atoms with E-state index in [0.717, 1.165) is 12.0 Å². The molecule has 0 aliphatic carbocycles. The third-order valence-electron chi connectivity index (χ3n) is 4.22. The van der Waals surface area contributed by atoms with E-state index >= 15 is 0 Å². The van der Waals surface area contributed by atoms with Crippen LogP contribution in [0.5, 0.6) is 0 Å². The molecule has 1 N–H and O–H groups in total. The molecule has 0 unspecified atom stereocenters. The highest BCUT2D eigenvalue weighted by Crippen LogP contribution is 2.10. The molecule has 25 heavy (non-hydrogen) atoms. The van der Waals surface area contributed by atoms with E-state index in [1.165, 1.54) is 5.56 Å². The van der Waals surface area contributed by atoms with Crippen molar-refractivity contribution < 1.29 is 9.59 Å². The first-order chi connectivity index (χ1) is 12.2. The van der Waals surface area contributed by atoms with E-state index in [2.05, 4.69) is 15.3 Å². The molecular weight excluding hydrogens is 318 g/mol. The summed E-state index contributed by atoms with van der Waals surface area (Å²) in [5.74, 6) is 0.388. The largest absolute Gasteiger partial charge is 0.348 e. The summed E-state index contributed by atoms with van der Waals surface area (Å²) in [6, 6.07) is 8.02. The fourth-order valence-electron chi connectivity index (χ4n) is 2.62. The molecule has 7 heteroatoms. The average Bonchev–Trinajstić information content (AvgIpc) is 2.67. The van der Waals surface area contributed by atoms with Crippen LogP contribution in [-0.4, -0.2) is 53.4 Å². The number of aromatic nitrogens is 2. The van der Waals surface area contributed by atoms with Gasteiger partial charge in [0.25, 0.3) is 5.91 Å². The summed E-state index contributed by atoms with van der Waals surface area (Å²) in [5, 5.41) is 2.87. The molecule has 3 rings (SSSR count). The van der Waals surface area contributed by atoms with E-state index in [4.69, 9.17) is 0 Å². The number of rotatable bonds is 5. The van der Waals surface area contributed by atoms with E-state index in [1.54, 1.807) is 17.3 Å². The summed E-state index contributed by atoms with van der Waals surface area (Å²) in [5.41, 5.74) is 2.67. The van der Waals surface area contributed by atoms with Gasteiger partial charge in [0, 0.05) is 45.1 Å². The summed E-state index contributed by atoms with van der Waals surface area (Å²) in [6.45, 7) is 5.20. The van der Waals surface area contributed by atoms with Crippen LogP contribution in [0.1, 0.15) is 21.5 Å². The quantitative estimate of drug-likeness (QED) is 0.822. The molecule has 2 aromatic rings. The zero-order chi connectivity index (χ0) is 17.6. The van der Waals surface area contributed by atoms with Gasteiger partial charge in [0.15, 0.2) is 0 Å². The average molecular weight is 339 g/mol. The summed E-state index contributed by atoms with van der Waals surface area (Å²) in [4.78, 5) is 35.2. The highest BCUT2D eigenvalue weighted by Gasteiger charge is 2.18. The van der Waals surface area contributed by atoms with Gasteiger partial charge in [-0.3, -0.25) is 9.59 Å². The smallest absolute Gasteiger partial charge is 0.254 e. The zero-order valence-corrected chi connectivity index (χ0v) is 14.2. The maximum Gasteiger partial charge on any atom is 0.254 e. The van der Waals surface area contributed by atoms with Crippen molar-refractivity contribution in [3.05, 3.63) is 53.3 Å². The highest BCUT2D eigenvalue weighted by molar-refractivity contribution is 5.93. The molecule has 1 saturated heterocycles. The maximum absolute atomic E-state index is 12.2. The standard InChI is InChI=1S/C18H21N5O2/c1-14-2-4-15(5-3-14)10-19-17(25)16-11-20-18(21-12-16)23-8-6-22(13-24)7-9-23/h2-5,11-13H,6-10H2,1H3,(H,19,25). The van der Waals surface area contributed by atoms with Crippen LogP contribution >= 0.6 is 0 Å². The van der Waals surface area contributed by atoms with Gasteiger partial charge in [-0.05, 0) is 12.5 Å². The van der Waals surface area contributed by atoms with Crippen LogP contribution in [0.2, 0.25) is 0 Å². The Bertz CT molecular complexity index is 722. The molecule has 1 aliphatic rings. The molecule has 1 aromatic carbocycles. The van der Waals surface area contributed by atoms with Gasteiger partial charge in [0.2, 0.25) is 12.4 Å². The third kappa shape index (κ3) is 4.32. The Morgan fingerprint density at radius 2 is 1.76 bits per heavy atom. The van der Waals surface area contributed by atoms with Crippen molar-refractivity contribution in [1.82, 2.24) is 20.2 Å². The number of carbonyl (C=O) groups is 2. The van der Waals surface area contributed by atoms with Gasteiger partial charge in [-0.25, -0.2) is 9.97 Å². The van der Waals surface area contributed by atoms with Gasteiger partial charge >= 0.3 is 0 Å². The Morgan fingerprint density at radius 1 is 1.12 bits per heavy atom. The van der Waals surface area contributed by atoms with Crippen molar-refractivity contribution in [1.29, 1.82) is 0 Å². The minimum Gasteiger partial charge on any atom is -0.348 e. The van der Waals surface area contributed by atoms with Crippen LogP contribution < -0.4 is 10.2 Å². The molecule has 0 spiro atoms. The number of hydrogen-bond donors (Lipinski definition) is 1. The van der Waals surface area contributed by atoms with E-state index in [1.807, 2.05) is 36.1 Å². The number of nitrogens with zero attached hydrogens (tertiary/aromatic N) is 4. The van der Waals surface area contributed by atoms with Crippen LogP contribution in [0.15, 0.2) is 36.7 Å². The Labute approximate surface area is 146 Å². The number of anilines is 1. The molecule has 7 nitrogen and oxygen atoms in total. The number of piperazine rings is 1. The van der Waals surface area contributed by atoms with E-state index < -0.39 is 0 Å². The minimum absolute atomic E-state index is 0.196. The summed E-state index contributed by atoms with van der Waals surface area (Å²) in [7, 11) is 0. The van der Waals surface area contributed by atoms with Crippen molar-refractivity contribution in [2.75, 3.05) is 31.1 Å². The lowest BCUT2D eigenvalue weighted by Crippen LogP contribution is -2.46. The predicted molar refractivity (Wildman–Crippen MR) is 94.2 cm³/mol. The molecule has 0 atom stereocenters. The molecule has 0 radical (unpaired) electrons. The van der Waals surface area contributed by atoms with Gasteiger partial charge in [-0.1, -0.05) is 29.8 Å². The molecule has 2 heterocycles. The molecular formula is C18H21N5O2. The highest BCUT2D eigenvalue weighted by atomic mass is 16.1. The van der Waals surface area contributed by atoms with Gasteiger partial charge in [-0.15, -0.1) is 0 Å². The number of hydrogen-bond acceptors (Lipinski definition) is 5. The lowest BCUT2D eigenvalue weighted by Gasteiger charge is -2.32. The van der Waals surface area contributed by atoms with Gasteiger partial charge in [-0.2, -0.15) is 0 Å².